The highest BCUT2D eigenvalue weighted by atomic mass is 35.5. The second-order valence-electron chi connectivity index (χ2n) is 9.95. The lowest BCUT2D eigenvalue weighted by atomic mass is 9.82. The van der Waals surface area contributed by atoms with Gasteiger partial charge in [-0.3, -0.25) is 19.1 Å². The van der Waals surface area contributed by atoms with E-state index in [4.69, 9.17) is 28.7 Å². The lowest BCUT2D eigenvalue weighted by Gasteiger charge is -2.42. The summed E-state index contributed by atoms with van der Waals surface area (Å²) in [7, 11) is 1.39. The number of piperazine rings is 1. The first kappa shape index (κ1) is 29.6. The second kappa shape index (κ2) is 12.2. The van der Waals surface area contributed by atoms with E-state index in [1.807, 2.05) is 11.8 Å². The summed E-state index contributed by atoms with van der Waals surface area (Å²) in [5.41, 5.74) is 3.36. The number of carbonyl (C=O) groups is 2. The average molecular weight is 618 g/mol. The summed E-state index contributed by atoms with van der Waals surface area (Å²) in [6, 6.07) is 4.73. The van der Waals surface area contributed by atoms with Gasteiger partial charge in [-0.1, -0.05) is 11.6 Å². The number of allylic oxidation sites excluding steroid dienone is 1. The zero-order chi connectivity index (χ0) is 30.1. The number of fused-ring (bicyclic) bond motifs is 2. The van der Waals surface area contributed by atoms with Gasteiger partial charge in [0.15, 0.2) is 11.5 Å². The molecular weight excluding hydrogens is 589 g/mol. The van der Waals surface area contributed by atoms with Crippen LogP contribution in [0.1, 0.15) is 6.92 Å². The number of aromatic hydroxyl groups is 1. The Morgan fingerprint density at radius 2 is 2.00 bits per heavy atom. The Kier molecular flexibility index (Phi) is 8.59. The van der Waals surface area contributed by atoms with Crippen molar-refractivity contribution in [3.05, 3.63) is 58.7 Å². The molecule has 0 saturated carbocycles. The maximum absolute atomic E-state index is 15.3. The third-order valence-corrected chi connectivity index (χ3v) is 7.97. The van der Waals surface area contributed by atoms with Crippen molar-refractivity contribution in [3.8, 4) is 5.88 Å². The summed E-state index contributed by atoms with van der Waals surface area (Å²) in [6.45, 7) is 4.76. The van der Waals surface area contributed by atoms with Gasteiger partial charge in [0, 0.05) is 49.3 Å². The number of hydrogen-bond donors (Lipinski definition) is 3. The lowest BCUT2D eigenvalue weighted by molar-refractivity contribution is -0.136. The fraction of sp³-hybridized carbons (Fsp3) is 0.370. The van der Waals surface area contributed by atoms with E-state index in [0.717, 1.165) is 0 Å². The first-order chi connectivity index (χ1) is 20.1. The van der Waals surface area contributed by atoms with E-state index in [-0.39, 0.29) is 22.3 Å². The molecule has 3 aliphatic rings. The van der Waals surface area contributed by atoms with E-state index in [9.17, 15) is 19.8 Å². The highest BCUT2D eigenvalue weighted by Crippen LogP contribution is 2.40. The summed E-state index contributed by atoms with van der Waals surface area (Å²) >= 11 is 11.2. The van der Waals surface area contributed by atoms with Gasteiger partial charge in [-0.15, -0.1) is 10.2 Å². The number of carbonyl (C=O) groups excluding carboxylic acids is 1. The van der Waals surface area contributed by atoms with Gasteiger partial charge in [0.1, 0.15) is 11.4 Å². The molecule has 2 aliphatic heterocycles. The van der Waals surface area contributed by atoms with Crippen molar-refractivity contribution in [3.63, 3.8) is 0 Å². The van der Waals surface area contributed by atoms with E-state index in [2.05, 4.69) is 20.6 Å². The highest BCUT2D eigenvalue weighted by Gasteiger charge is 2.41. The molecule has 42 heavy (non-hydrogen) atoms. The molecule has 12 nitrogen and oxygen atoms in total. The normalized spacial score (nSPS) is 21.3. The lowest BCUT2D eigenvalue weighted by Crippen LogP contribution is -2.49. The molecule has 0 spiro atoms. The second-order valence-corrected chi connectivity index (χ2v) is 10.8. The van der Waals surface area contributed by atoms with Crippen molar-refractivity contribution in [1.29, 1.82) is 0 Å². The summed E-state index contributed by atoms with van der Waals surface area (Å²) in [5.74, 6) is -3.45. The topological polar surface area (TPSA) is 135 Å². The Morgan fingerprint density at radius 3 is 2.67 bits per heavy atom. The molecular formula is C27H29ClFN7O5S. The third-order valence-electron chi connectivity index (χ3n) is 7.57. The number of Topliss-reactive ketones (excluding diaryl/α,β-unsaturated/α-hetero) is 1. The molecule has 2 aromatic rings. The quantitative estimate of drug-likeness (QED) is 0.183. The fourth-order valence-corrected chi connectivity index (χ4v) is 5.80. The smallest absolute Gasteiger partial charge is 0.340 e. The minimum atomic E-state index is -1.32. The highest BCUT2D eigenvalue weighted by molar-refractivity contribution is 7.80. The van der Waals surface area contributed by atoms with Crippen LogP contribution in [-0.2, 0) is 21.1 Å². The third kappa shape index (κ3) is 5.62. The Labute approximate surface area is 250 Å². The number of carboxylic acid groups (broad SMARTS) is 1. The van der Waals surface area contributed by atoms with E-state index in [1.165, 1.54) is 19.4 Å². The Hall–Kier alpha value is -3.85. The Bertz CT molecular complexity index is 1560. The molecule has 2 unspecified atom stereocenters. The molecule has 2 atom stereocenters. The van der Waals surface area contributed by atoms with Gasteiger partial charge in [-0.25, -0.2) is 14.7 Å². The molecule has 222 valence electrons. The average Bonchev–Trinajstić information content (AvgIpc) is 3.21. The fourth-order valence-electron chi connectivity index (χ4n) is 5.50. The summed E-state index contributed by atoms with van der Waals surface area (Å²) in [4.78, 5) is 34.8. The van der Waals surface area contributed by atoms with Crippen LogP contribution in [0.15, 0.2) is 63.9 Å². The van der Waals surface area contributed by atoms with Crippen LogP contribution in [0.5, 0.6) is 5.88 Å². The number of nitrogens with zero attached hydrogens (tertiary/aromatic N) is 6. The van der Waals surface area contributed by atoms with Crippen molar-refractivity contribution in [1.82, 2.24) is 24.7 Å². The number of thiocarbonyl (C=S) groups is 1. The zero-order valence-electron chi connectivity index (χ0n) is 22.8. The van der Waals surface area contributed by atoms with Crippen molar-refractivity contribution >= 4 is 57.3 Å². The van der Waals surface area contributed by atoms with Gasteiger partial charge in [0.25, 0.3) is 0 Å². The van der Waals surface area contributed by atoms with Crippen molar-refractivity contribution < 1.29 is 29.0 Å². The summed E-state index contributed by atoms with van der Waals surface area (Å²) in [5, 5.41) is 29.6. The molecule has 1 aliphatic carbocycles. The molecule has 1 saturated heterocycles. The van der Waals surface area contributed by atoms with Crippen LogP contribution in [0.3, 0.4) is 0 Å². The van der Waals surface area contributed by atoms with Gasteiger partial charge < -0.3 is 20.0 Å². The monoisotopic (exact) mass is 617 g/mol. The summed E-state index contributed by atoms with van der Waals surface area (Å²) < 4.78 is 17.0. The van der Waals surface area contributed by atoms with Gasteiger partial charge >= 0.3 is 5.97 Å². The number of hydrogen-bond acceptors (Lipinski definition) is 9. The number of aromatic nitrogens is 1. The number of rotatable bonds is 7. The van der Waals surface area contributed by atoms with Crippen molar-refractivity contribution in [2.45, 2.75) is 19.6 Å². The molecule has 0 radical (unpaired) electrons. The van der Waals surface area contributed by atoms with Crippen LogP contribution in [0, 0.1) is 5.92 Å². The van der Waals surface area contributed by atoms with Crippen LogP contribution >= 0.6 is 23.8 Å². The standard InChI is InChI=1S/C27H29ClFN7O5S/c1-3-34-13-18(26(39)40)24(37)17-11-19(29)22(12-21(17)34)35-8-6-33(7-9-35)14-36-20-5-4-15(28)10-16(20)23(25(36)38)30-31-27(42)32-41-2/h4-5,10-13,17,21,38H,3,6-9,14H2,1-2H3,(H,32,42)(H,39,40). The number of benzene rings is 1. The summed E-state index contributed by atoms with van der Waals surface area (Å²) in [6.07, 6.45) is 4.32. The molecule has 1 aromatic heterocycles. The van der Waals surface area contributed by atoms with Crippen LogP contribution in [-0.4, -0.2) is 92.2 Å². The van der Waals surface area contributed by atoms with Crippen molar-refractivity contribution in [2.75, 3.05) is 39.8 Å². The molecule has 1 fully saturated rings. The number of aliphatic carboxylic acids is 1. The minimum absolute atomic E-state index is 0.0152. The number of ketones is 1. The number of hydroxylamine groups is 1. The molecule has 15 heteroatoms. The Balaban J connectivity index is 1.33. The number of azo groups is 1. The maximum Gasteiger partial charge on any atom is 0.340 e. The van der Waals surface area contributed by atoms with Crippen LogP contribution in [0.25, 0.3) is 10.9 Å². The largest absolute Gasteiger partial charge is 0.493 e. The predicted molar refractivity (Wildman–Crippen MR) is 157 cm³/mol. The van der Waals surface area contributed by atoms with Crippen LogP contribution < -0.4 is 5.48 Å². The van der Waals surface area contributed by atoms with Gasteiger partial charge in [-0.2, -0.15) is 0 Å². The molecule has 3 heterocycles. The van der Waals surface area contributed by atoms with Crippen LogP contribution in [0.2, 0.25) is 5.02 Å². The molecule has 0 bridgehead atoms. The van der Waals surface area contributed by atoms with E-state index in [1.54, 1.807) is 33.7 Å². The van der Waals surface area contributed by atoms with E-state index in [0.29, 0.717) is 61.0 Å². The number of nitrogens with one attached hydrogen (secondary N) is 1. The maximum atomic E-state index is 15.3. The number of halogens is 2. The first-order valence-electron chi connectivity index (χ1n) is 13.2. The zero-order valence-corrected chi connectivity index (χ0v) is 24.4. The molecule has 3 N–H and O–H groups in total. The van der Waals surface area contributed by atoms with Gasteiger partial charge in [0.05, 0.1) is 37.0 Å². The SMILES string of the molecule is CCN1C=C(C(=O)O)C(=O)C2C=C(F)C(N3CCN(Cn4c(O)c(N=NC(=S)NOC)c5cc(Cl)ccc54)CC3)=CC21. The van der Waals surface area contributed by atoms with E-state index >= 15 is 4.39 Å². The van der Waals surface area contributed by atoms with Crippen molar-refractivity contribution in [2.24, 2.45) is 16.1 Å². The van der Waals surface area contributed by atoms with Crippen LogP contribution in [0.4, 0.5) is 10.1 Å². The number of carboxylic acids is 1. The molecule has 5 rings (SSSR count). The first-order valence-corrected chi connectivity index (χ1v) is 14.0. The molecule has 1 aromatic carbocycles. The van der Waals surface area contributed by atoms with Gasteiger partial charge in [0.2, 0.25) is 11.0 Å². The number of likely N-dealkylation sites (N-methyl/N-ethyl adjacent to an activating group) is 1. The van der Waals surface area contributed by atoms with E-state index < -0.39 is 29.5 Å². The predicted octanol–water partition coefficient (Wildman–Crippen LogP) is 3.70. The molecule has 0 amide bonds. The Morgan fingerprint density at radius 1 is 1.26 bits per heavy atom. The minimum Gasteiger partial charge on any atom is -0.493 e. The van der Waals surface area contributed by atoms with Gasteiger partial charge in [-0.05, 0) is 49.5 Å².